The first kappa shape index (κ1) is 16.2. The summed E-state index contributed by atoms with van der Waals surface area (Å²) in [5.74, 6) is -0.263. The average molecular weight is 302 g/mol. The lowest BCUT2D eigenvalue weighted by Crippen LogP contribution is -2.45. The van der Waals surface area contributed by atoms with Crippen molar-refractivity contribution in [1.29, 1.82) is 0 Å². The standard InChI is InChI=1S/C17H22N2O3/c1-3-5-15-12-19(10-11-22-15)17(21)13-6-8-14(9-7-13)18-16(20)4-2/h4,6-9,15H,2-3,5,10-12H2,1H3,(H,18,20). The first-order chi connectivity index (χ1) is 10.6. The molecule has 1 aliphatic rings. The molecular weight excluding hydrogens is 280 g/mol. The summed E-state index contributed by atoms with van der Waals surface area (Å²) in [5, 5.41) is 2.66. The van der Waals surface area contributed by atoms with E-state index < -0.39 is 0 Å². The van der Waals surface area contributed by atoms with Crippen LogP contribution >= 0.6 is 0 Å². The molecule has 0 aliphatic carbocycles. The molecule has 0 saturated carbocycles. The monoisotopic (exact) mass is 302 g/mol. The number of hydrogen-bond acceptors (Lipinski definition) is 3. The molecule has 22 heavy (non-hydrogen) atoms. The van der Waals surface area contributed by atoms with Crippen molar-refractivity contribution in [2.24, 2.45) is 0 Å². The van der Waals surface area contributed by atoms with E-state index in [4.69, 9.17) is 4.74 Å². The van der Waals surface area contributed by atoms with Crippen molar-refractivity contribution >= 4 is 17.5 Å². The minimum atomic E-state index is -0.269. The molecular formula is C17H22N2O3. The number of nitrogens with one attached hydrogen (secondary N) is 1. The lowest BCUT2D eigenvalue weighted by atomic mass is 10.1. The van der Waals surface area contributed by atoms with Crippen LogP contribution in [0.1, 0.15) is 30.1 Å². The summed E-state index contributed by atoms with van der Waals surface area (Å²) >= 11 is 0. The van der Waals surface area contributed by atoms with E-state index in [0.29, 0.717) is 30.9 Å². The SMILES string of the molecule is C=CC(=O)Nc1ccc(C(=O)N2CCOC(CCC)C2)cc1. The Labute approximate surface area is 130 Å². The molecule has 0 spiro atoms. The summed E-state index contributed by atoms with van der Waals surface area (Å²) in [4.78, 5) is 25.6. The Morgan fingerprint density at radius 3 is 2.77 bits per heavy atom. The van der Waals surface area contributed by atoms with Gasteiger partial charge in [-0.05, 0) is 36.8 Å². The zero-order valence-electron chi connectivity index (χ0n) is 12.9. The van der Waals surface area contributed by atoms with E-state index in [1.165, 1.54) is 6.08 Å². The molecule has 5 heteroatoms. The Kier molecular flexibility index (Phi) is 5.72. The molecule has 2 amide bonds. The highest BCUT2D eigenvalue weighted by atomic mass is 16.5. The van der Waals surface area contributed by atoms with Crippen LogP contribution in [-0.4, -0.2) is 42.5 Å². The van der Waals surface area contributed by atoms with E-state index in [2.05, 4.69) is 18.8 Å². The fourth-order valence-corrected chi connectivity index (χ4v) is 2.47. The van der Waals surface area contributed by atoms with Crippen LogP contribution in [0.4, 0.5) is 5.69 Å². The maximum atomic E-state index is 12.5. The number of nitrogens with zero attached hydrogens (tertiary/aromatic N) is 1. The Morgan fingerprint density at radius 2 is 2.14 bits per heavy atom. The van der Waals surface area contributed by atoms with E-state index in [1.807, 2.05) is 4.90 Å². The zero-order chi connectivity index (χ0) is 15.9. The number of carbonyl (C=O) groups is 2. The molecule has 1 heterocycles. The van der Waals surface area contributed by atoms with Crippen LogP contribution in [-0.2, 0) is 9.53 Å². The minimum absolute atomic E-state index is 0.00556. The Balaban J connectivity index is 1.99. The maximum Gasteiger partial charge on any atom is 0.254 e. The molecule has 1 saturated heterocycles. The van der Waals surface area contributed by atoms with Gasteiger partial charge in [-0.3, -0.25) is 9.59 Å². The first-order valence-electron chi connectivity index (χ1n) is 7.58. The van der Waals surface area contributed by atoms with Gasteiger partial charge in [-0.1, -0.05) is 19.9 Å². The lowest BCUT2D eigenvalue weighted by molar-refractivity contribution is -0.111. The number of carbonyl (C=O) groups excluding carboxylic acids is 2. The molecule has 1 aromatic carbocycles. The number of amides is 2. The molecule has 0 bridgehead atoms. The summed E-state index contributed by atoms with van der Waals surface area (Å²) in [6, 6.07) is 6.90. The molecule has 118 valence electrons. The van der Waals surface area contributed by atoms with Crippen molar-refractivity contribution in [1.82, 2.24) is 4.90 Å². The third-order valence-electron chi connectivity index (χ3n) is 3.62. The van der Waals surface area contributed by atoms with Crippen LogP contribution in [0, 0.1) is 0 Å². The van der Waals surface area contributed by atoms with Gasteiger partial charge in [0.25, 0.3) is 5.91 Å². The van der Waals surface area contributed by atoms with Gasteiger partial charge in [-0.2, -0.15) is 0 Å². The van der Waals surface area contributed by atoms with Crippen molar-refractivity contribution in [2.75, 3.05) is 25.0 Å². The van der Waals surface area contributed by atoms with Crippen molar-refractivity contribution in [3.8, 4) is 0 Å². The summed E-state index contributed by atoms with van der Waals surface area (Å²) in [7, 11) is 0. The molecule has 0 aromatic heterocycles. The Morgan fingerprint density at radius 1 is 1.41 bits per heavy atom. The fraction of sp³-hybridized carbons (Fsp3) is 0.412. The average Bonchev–Trinajstić information content (AvgIpc) is 2.55. The van der Waals surface area contributed by atoms with E-state index in [1.54, 1.807) is 24.3 Å². The second kappa shape index (κ2) is 7.75. The molecule has 2 rings (SSSR count). The number of rotatable bonds is 5. The molecule has 0 radical (unpaired) electrons. The predicted octanol–water partition coefficient (Wildman–Crippen LogP) is 2.45. The van der Waals surface area contributed by atoms with Crippen LogP contribution in [0.15, 0.2) is 36.9 Å². The van der Waals surface area contributed by atoms with E-state index in [-0.39, 0.29) is 17.9 Å². The van der Waals surface area contributed by atoms with Gasteiger partial charge in [0.2, 0.25) is 5.91 Å². The summed E-state index contributed by atoms with van der Waals surface area (Å²) in [6.45, 7) is 7.36. The number of ether oxygens (including phenoxy) is 1. The van der Waals surface area contributed by atoms with Crippen molar-refractivity contribution < 1.29 is 14.3 Å². The smallest absolute Gasteiger partial charge is 0.254 e. The van der Waals surface area contributed by atoms with Crippen LogP contribution in [0.2, 0.25) is 0 Å². The highest BCUT2D eigenvalue weighted by molar-refractivity contribution is 5.99. The van der Waals surface area contributed by atoms with Gasteiger partial charge in [0.05, 0.1) is 12.7 Å². The van der Waals surface area contributed by atoms with Gasteiger partial charge in [0.15, 0.2) is 0 Å². The molecule has 1 aliphatic heterocycles. The number of benzene rings is 1. The van der Waals surface area contributed by atoms with E-state index in [0.717, 1.165) is 12.8 Å². The van der Waals surface area contributed by atoms with Gasteiger partial charge < -0.3 is 15.0 Å². The largest absolute Gasteiger partial charge is 0.375 e. The van der Waals surface area contributed by atoms with Crippen LogP contribution in [0.25, 0.3) is 0 Å². The lowest BCUT2D eigenvalue weighted by Gasteiger charge is -2.33. The van der Waals surface area contributed by atoms with Gasteiger partial charge >= 0.3 is 0 Å². The fourth-order valence-electron chi connectivity index (χ4n) is 2.47. The second-order valence-electron chi connectivity index (χ2n) is 5.30. The third-order valence-corrected chi connectivity index (χ3v) is 3.62. The number of anilines is 1. The normalized spacial score (nSPS) is 17.9. The van der Waals surface area contributed by atoms with Gasteiger partial charge in [-0.25, -0.2) is 0 Å². The first-order valence-corrected chi connectivity index (χ1v) is 7.58. The Bertz CT molecular complexity index is 537. The second-order valence-corrected chi connectivity index (χ2v) is 5.30. The number of morpholine rings is 1. The highest BCUT2D eigenvalue weighted by Gasteiger charge is 2.24. The van der Waals surface area contributed by atoms with Crippen LogP contribution < -0.4 is 5.32 Å². The summed E-state index contributed by atoms with van der Waals surface area (Å²) < 4.78 is 5.66. The van der Waals surface area contributed by atoms with Gasteiger partial charge in [0.1, 0.15) is 0 Å². The molecule has 1 N–H and O–H groups in total. The van der Waals surface area contributed by atoms with Crippen LogP contribution in [0.5, 0.6) is 0 Å². The summed E-state index contributed by atoms with van der Waals surface area (Å²) in [5.41, 5.74) is 1.26. The van der Waals surface area contributed by atoms with E-state index in [9.17, 15) is 9.59 Å². The van der Waals surface area contributed by atoms with E-state index >= 15 is 0 Å². The molecule has 1 aromatic rings. The minimum Gasteiger partial charge on any atom is -0.375 e. The van der Waals surface area contributed by atoms with Crippen molar-refractivity contribution in [3.05, 3.63) is 42.5 Å². The van der Waals surface area contributed by atoms with Gasteiger partial charge in [-0.15, -0.1) is 0 Å². The molecule has 1 unspecified atom stereocenters. The quantitative estimate of drug-likeness (QED) is 0.850. The summed E-state index contributed by atoms with van der Waals surface area (Å²) in [6.07, 6.45) is 3.36. The van der Waals surface area contributed by atoms with Crippen molar-refractivity contribution in [3.63, 3.8) is 0 Å². The van der Waals surface area contributed by atoms with Crippen LogP contribution in [0.3, 0.4) is 0 Å². The maximum absolute atomic E-state index is 12.5. The highest BCUT2D eigenvalue weighted by Crippen LogP contribution is 2.16. The zero-order valence-corrected chi connectivity index (χ0v) is 12.9. The predicted molar refractivity (Wildman–Crippen MR) is 85.8 cm³/mol. The third kappa shape index (κ3) is 4.18. The van der Waals surface area contributed by atoms with Crippen molar-refractivity contribution in [2.45, 2.75) is 25.9 Å². The topological polar surface area (TPSA) is 58.6 Å². The molecule has 1 atom stereocenters. The molecule has 5 nitrogen and oxygen atoms in total. The van der Waals surface area contributed by atoms with Gasteiger partial charge in [0, 0.05) is 24.3 Å². The Hall–Kier alpha value is -2.14. The number of hydrogen-bond donors (Lipinski definition) is 1. The molecule has 1 fully saturated rings.